The summed E-state index contributed by atoms with van der Waals surface area (Å²) >= 11 is 0. The first-order valence-electron chi connectivity index (χ1n) is 9.30. The molecule has 0 amide bonds. The van der Waals surface area contributed by atoms with Gasteiger partial charge in [0.1, 0.15) is 18.0 Å². The lowest BCUT2D eigenvalue weighted by Gasteiger charge is -2.24. The van der Waals surface area contributed by atoms with Crippen molar-refractivity contribution in [2.75, 3.05) is 27.6 Å². The second kappa shape index (κ2) is 9.03. The summed E-state index contributed by atoms with van der Waals surface area (Å²) in [6.07, 6.45) is 0. The van der Waals surface area contributed by atoms with E-state index in [2.05, 4.69) is 0 Å². The molecule has 8 nitrogen and oxygen atoms in total. The van der Waals surface area contributed by atoms with Crippen LogP contribution in [0.15, 0.2) is 35.2 Å². The number of benzene rings is 2. The molecule has 30 heavy (non-hydrogen) atoms. The van der Waals surface area contributed by atoms with E-state index < -0.39 is 22.5 Å². The van der Waals surface area contributed by atoms with Crippen LogP contribution in [0.1, 0.15) is 22.3 Å². The summed E-state index contributed by atoms with van der Waals surface area (Å²) in [5, 5.41) is 0. The van der Waals surface area contributed by atoms with Crippen LogP contribution in [0.4, 0.5) is 0 Å². The van der Waals surface area contributed by atoms with Gasteiger partial charge in [-0.3, -0.25) is 4.79 Å². The highest BCUT2D eigenvalue weighted by Crippen LogP contribution is 2.30. The Morgan fingerprint density at radius 1 is 1.13 bits per heavy atom. The summed E-state index contributed by atoms with van der Waals surface area (Å²) in [5.74, 6) is 0.563. The number of fused-ring (bicyclic) bond motifs is 1. The van der Waals surface area contributed by atoms with Crippen LogP contribution in [0.3, 0.4) is 0 Å². The van der Waals surface area contributed by atoms with E-state index >= 15 is 0 Å². The first-order valence-corrected chi connectivity index (χ1v) is 10.7. The van der Waals surface area contributed by atoms with Gasteiger partial charge in [-0.1, -0.05) is 12.1 Å². The summed E-state index contributed by atoms with van der Waals surface area (Å²) in [5.41, 5.74) is 2.64. The zero-order valence-corrected chi connectivity index (χ0v) is 18.2. The number of rotatable bonds is 7. The largest absolute Gasteiger partial charge is 0.497 e. The van der Waals surface area contributed by atoms with Crippen molar-refractivity contribution in [1.82, 2.24) is 4.31 Å². The third-order valence-corrected chi connectivity index (χ3v) is 6.94. The van der Waals surface area contributed by atoms with Gasteiger partial charge in [0.2, 0.25) is 10.0 Å². The van der Waals surface area contributed by atoms with Crippen LogP contribution < -0.4 is 9.47 Å². The zero-order chi connectivity index (χ0) is 21.9. The van der Waals surface area contributed by atoms with Crippen LogP contribution in [-0.4, -0.2) is 46.2 Å². The van der Waals surface area contributed by atoms with Crippen molar-refractivity contribution in [2.45, 2.75) is 31.9 Å². The number of hydrogen-bond donors (Lipinski definition) is 0. The number of ether oxygens (including phenoxy) is 4. The van der Waals surface area contributed by atoms with Gasteiger partial charge in [0, 0.05) is 12.1 Å². The Kier molecular flexibility index (Phi) is 6.64. The minimum absolute atomic E-state index is 0.0140. The molecular weight excluding hydrogens is 410 g/mol. The smallest absolute Gasteiger partial charge is 0.321 e. The lowest BCUT2D eigenvalue weighted by molar-refractivity contribution is -0.140. The molecule has 0 unspecified atom stereocenters. The molecule has 0 aromatic heterocycles. The van der Waals surface area contributed by atoms with Gasteiger partial charge in [0.25, 0.3) is 0 Å². The summed E-state index contributed by atoms with van der Waals surface area (Å²) in [7, 11) is -1.25. The van der Waals surface area contributed by atoms with Gasteiger partial charge in [-0.25, -0.2) is 8.42 Å². The van der Waals surface area contributed by atoms with Gasteiger partial charge in [-0.05, 0) is 48.7 Å². The lowest BCUT2D eigenvalue weighted by Crippen LogP contribution is -2.36. The lowest BCUT2D eigenvalue weighted by atomic mass is 10.1. The molecule has 0 atom stereocenters. The molecule has 1 heterocycles. The molecule has 3 rings (SSSR count). The Hall–Kier alpha value is -2.62. The van der Waals surface area contributed by atoms with Gasteiger partial charge < -0.3 is 18.9 Å². The molecular formula is C21H25NO7S. The van der Waals surface area contributed by atoms with Crippen molar-refractivity contribution >= 4 is 16.0 Å². The highest BCUT2D eigenvalue weighted by atomic mass is 32.2. The minimum atomic E-state index is -4.00. The van der Waals surface area contributed by atoms with E-state index in [9.17, 15) is 13.2 Å². The Balaban J connectivity index is 2.00. The van der Waals surface area contributed by atoms with Crippen molar-refractivity contribution in [2.24, 2.45) is 0 Å². The Morgan fingerprint density at radius 3 is 2.47 bits per heavy atom. The fourth-order valence-corrected chi connectivity index (χ4v) is 5.19. The summed E-state index contributed by atoms with van der Waals surface area (Å²) in [4.78, 5) is 12.2. The highest BCUT2D eigenvalue weighted by molar-refractivity contribution is 7.89. The van der Waals surface area contributed by atoms with Crippen molar-refractivity contribution in [3.05, 3.63) is 52.6 Å². The first-order chi connectivity index (χ1) is 14.3. The number of esters is 1. The van der Waals surface area contributed by atoms with E-state index in [1.165, 1.54) is 14.2 Å². The van der Waals surface area contributed by atoms with Gasteiger partial charge in [-0.2, -0.15) is 4.31 Å². The van der Waals surface area contributed by atoms with Crippen LogP contribution >= 0.6 is 0 Å². The van der Waals surface area contributed by atoms with Crippen molar-refractivity contribution in [1.29, 1.82) is 0 Å². The number of carbonyl (C=O) groups is 1. The molecule has 1 aliphatic rings. The number of nitrogens with zero attached hydrogens (tertiary/aromatic N) is 1. The van der Waals surface area contributed by atoms with E-state index in [1.54, 1.807) is 38.1 Å². The predicted molar refractivity (Wildman–Crippen MR) is 109 cm³/mol. The van der Waals surface area contributed by atoms with Gasteiger partial charge in [0.15, 0.2) is 6.79 Å². The average molecular weight is 435 g/mol. The van der Waals surface area contributed by atoms with Crippen LogP contribution in [0.25, 0.3) is 0 Å². The van der Waals surface area contributed by atoms with Gasteiger partial charge in [0.05, 0.1) is 25.7 Å². The normalized spacial score (nSPS) is 13.5. The Morgan fingerprint density at radius 2 is 1.83 bits per heavy atom. The Labute approximate surface area is 176 Å². The maximum Gasteiger partial charge on any atom is 0.321 e. The molecule has 0 fully saturated rings. The number of aryl methyl sites for hydroxylation is 2. The van der Waals surface area contributed by atoms with E-state index in [-0.39, 0.29) is 18.2 Å². The standard InChI is InChI=1S/C21H25NO7S/c1-14-7-18(26-3)8-15(2)21(14)30(24,25)22(11-20(23)27-4)10-16-5-6-17-12-28-13-29-19(17)9-16/h5-9H,10-13H2,1-4H3. The third-order valence-electron chi connectivity index (χ3n) is 4.85. The molecule has 1 aliphatic heterocycles. The van der Waals surface area contributed by atoms with Crippen molar-refractivity contribution < 1.29 is 32.2 Å². The summed E-state index contributed by atoms with van der Waals surface area (Å²) < 4.78 is 48.9. The van der Waals surface area contributed by atoms with Crippen molar-refractivity contribution in [3.63, 3.8) is 0 Å². The molecule has 0 radical (unpaired) electrons. The molecule has 0 N–H and O–H groups in total. The molecule has 0 saturated heterocycles. The summed E-state index contributed by atoms with van der Waals surface area (Å²) in [6, 6.07) is 8.71. The van der Waals surface area contributed by atoms with Crippen molar-refractivity contribution in [3.8, 4) is 11.5 Å². The third kappa shape index (κ3) is 4.58. The molecule has 2 aromatic carbocycles. The monoisotopic (exact) mass is 435 g/mol. The fraction of sp³-hybridized carbons (Fsp3) is 0.381. The quantitative estimate of drug-likeness (QED) is 0.617. The highest BCUT2D eigenvalue weighted by Gasteiger charge is 2.30. The number of sulfonamides is 1. The molecule has 162 valence electrons. The number of methoxy groups -OCH3 is 2. The van der Waals surface area contributed by atoms with Gasteiger partial charge in [-0.15, -0.1) is 0 Å². The molecule has 2 aromatic rings. The number of hydrogen-bond acceptors (Lipinski definition) is 7. The molecule has 0 saturated carbocycles. The maximum atomic E-state index is 13.5. The van der Waals surface area contributed by atoms with E-state index in [0.29, 0.717) is 34.8 Å². The molecule has 0 aliphatic carbocycles. The second-order valence-electron chi connectivity index (χ2n) is 6.99. The fourth-order valence-electron chi connectivity index (χ4n) is 3.41. The predicted octanol–water partition coefficient (Wildman–Crippen LogP) is 2.54. The average Bonchev–Trinajstić information content (AvgIpc) is 2.72. The number of carbonyl (C=O) groups excluding carboxylic acids is 1. The topological polar surface area (TPSA) is 91.4 Å². The van der Waals surface area contributed by atoms with Crippen LogP contribution in [0.2, 0.25) is 0 Å². The summed E-state index contributed by atoms with van der Waals surface area (Å²) in [6.45, 7) is 3.55. The van der Waals surface area contributed by atoms with Gasteiger partial charge >= 0.3 is 5.97 Å². The van der Waals surface area contributed by atoms with Crippen LogP contribution in [0.5, 0.6) is 11.5 Å². The Bertz CT molecular complexity index is 1030. The van der Waals surface area contributed by atoms with E-state index in [1.807, 2.05) is 6.07 Å². The SMILES string of the molecule is COC(=O)CN(Cc1ccc2c(c1)OCOC2)S(=O)(=O)c1c(C)cc(OC)cc1C. The minimum Gasteiger partial charge on any atom is -0.497 e. The molecule has 0 spiro atoms. The van der Waals surface area contributed by atoms with Crippen LogP contribution in [0, 0.1) is 13.8 Å². The zero-order valence-electron chi connectivity index (χ0n) is 17.4. The molecule has 9 heteroatoms. The maximum absolute atomic E-state index is 13.5. The second-order valence-corrected chi connectivity index (χ2v) is 8.87. The van der Waals surface area contributed by atoms with Crippen LogP contribution in [-0.2, 0) is 37.4 Å². The molecule has 0 bridgehead atoms. The van der Waals surface area contributed by atoms with E-state index in [4.69, 9.17) is 18.9 Å². The first kappa shape index (κ1) is 22.1. The van der Waals surface area contributed by atoms with E-state index in [0.717, 1.165) is 9.87 Å².